The average Bonchev–Trinajstić information content (AvgIpc) is 2.45. The maximum Gasteiger partial charge on any atom is 0.309 e. The number of fused-ring (bicyclic) bond motifs is 1. The number of carbonyl (C=O) groups excluding carboxylic acids is 2. The minimum Gasteiger partial charge on any atom is -0.481 e. The van der Waals surface area contributed by atoms with Crippen LogP contribution in [0.4, 0.5) is 5.69 Å². The Bertz CT molecular complexity index is 628. The second-order valence-corrected chi connectivity index (χ2v) is 6.76. The van der Waals surface area contributed by atoms with E-state index < -0.39 is 11.4 Å². The predicted molar refractivity (Wildman–Crippen MR) is 84.2 cm³/mol. The molecule has 1 heterocycles. The Morgan fingerprint density at radius 3 is 2.82 bits per heavy atom. The van der Waals surface area contributed by atoms with E-state index in [0.717, 1.165) is 4.90 Å². The molecule has 2 amide bonds. The molecular formula is C15H18N2O4S. The molecule has 0 radical (unpaired) electrons. The van der Waals surface area contributed by atoms with Crippen LogP contribution >= 0.6 is 11.8 Å². The number of thioether (sulfide) groups is 1. The molecule has 0 fully saturated rings. The SMILES string of the molecule is CC(C)(CCNC(=O)c1ccc2c(c1)NC(=O)CS2)C(=O)O. The molecular weight excluding hydrogens is 304 g/mol. The first-order chi connectivity index (χ1) is 10.3. The predicted octanol–water partition coefficient (Wildman–Crippen LogP) is 1.96. The zero-order valence-electron chi connectivity index (χ0n) is 12.4. The first kappa shape index (κ1) is 16.4. The monoisotopic (exact) mass is 322 g/mol. The van der Waals surface area contributed by atoms with Crippen LogP contribution in [0.3, 0.4) is 0 Å². The summed E-state index contributed by atoms with van der Waals surface area (Å²) in [5.74, 6) is -0.884. The number of benzene rings is 1. The van der Waals surface area contributed by atoms with Crippen molar-refractivity contribution < 1.29 is 19.5 Å². The molecule has 0 atom stereocenters. The molecule has 0 saturated carbocycles. The Morgan fingerprint density at radius 1 is 1.41 bits per heavy atom. The number of hydrogen-bond acceptors (Lipinski definition) is 4. The van der Waals surface area contributed by atoms with Crippen molar-refractivity contribution in [2.45, 2.75) is 25.2 Å². The molecule has 1 aliphatic rings. The molecule has 0 bridgehead atoms. The Morgan fingerprint density at radius 2 is 2.14 bits per heavy atom. The van der Waals surface area contributed by atoms with Gasteiger partial charge >= 0.3 is 5.97 Å². The average molecular weight is 322 g/mol. The number of anilines is 1. The fourth-order valence-electron chi connectivity index (χ4n) is 1.92. The molecule has 3 N–H and O–H groups in total. The van der Waals surface area contributed by atoms with Gasteiger partial charge in [0, 0.05) is 17.0 Å². The van der Waals surface area contributed by atoms with Crippen LogP contribution in [-0.2, 0) is 9.59 Å². The topological polar surface area (TPSA) is 95.5 Å². The second kappa shape index (κ2) is 6.39. The number of amides is 2. The van der Waals surface area contributed by atoms with Crippen LogP contribution in [0.5, 0.6) is 0 Å². The minimum absolute atomic E-state index is 0.0849. The van der Waals surface area contributed by atoms with Crippen LogP contribution in [-0.4, -0.2) is 35.2 Å². The number of nitrogens with one attached hydrogen (secondary N) is 2. The summed E-state index contributed by atoms with van der Waals surface area (Å²) in [5, 5.41) is 14.5. The summed E-state index contributed by atoms with van der Waals surface area (Å²) in [6, 6.07) is 5.13. The minimum atomic E-state index is -0.893. The number of hydrogen-bond donors (Lipinski definition) is 3. The van der Waals surface area contributed by atoms with Crippen LogP contribution in [0, 0.1) is 5.41 Å². The molecule has 0 saturated heterocycles. The lowest BCUT2D eigenvalue weighted by molar-refractivity contribution is -0.147. The quantitative estimate of drug-likeness (QED) is 0.770. The van der Waals surface area contributed by atoms with Gasteiger partial charge in [-0.25, -0.2) is 0 Å². The summed E-state index contributed by atoms with van der Waals surface area (Å²) in [5.41, 5.74) is 0.197. The first-order valence-corrected chi connectivity index (χ1v) is 7.86. The molecule has 0 unspecified atom stereocenters. The molecule has 0 aliphatic carbocycles. The molecule has 1 aliphatic heterocycles. The molecule has 1 aromatic rings. The highest BCUT2D eigenvalue weighted by Gasteiger charge is 2.26. The Labute approximate surface area is 132 Å². The van der Waals surface area contributed by atoms with Gasteiger partial charge in [0.25, 0.3) is 5.91 Å². The van der Waals surface area contributed by atoms with Crippen molar-refractivity contribution in [3.8, 4) is 0 Å². The van der Waals surface area contributed by atoms with E-state index in [1.54, 1.807) is 32.0 Å². The van der Waals surface area contributed by atoms with Gasteiger partial charge in [-0.1, -0.05) is 0 Å². The van der Waals surface area contributed by atoms with Crippen molar-refractivity contribution in [2.75, 3.05) is 17.6 Å². The van der Waals surface area contributed by atoms with E-state index in [2.05, 4.69) is 10.6 Å². The van der Waals surface area contributed by atoms with Crippen molar-refractivity contribution >= 4 is 35.2 Å². The lowest BCUT2D eigenvalue weighted by Gasteiger charge is -2.19. The van der Waals surface area contributed by atoms with Crippen molar-refractivity contribution in [3.05, 3.63) is 23.8 Å². The zero-order chi connectivity index (χ0) is 16.3. The Balaban J connectivity index is 1.97. The van der Waals surface area contributed by atoms with Gasteiger partial charge in [0.05, 0.1) is 16.9 Å². The molecule has 7 heteroatoms. The summed E-state index contributed by atoms with van der Waals surface area (Å²) in [6.07, 6.45) is 0.339. The summed E-state index contributed by atoms with van der Waals surface area (Å²) in [6.45, 7) is 3.51. The second-order valence-electron chi connectivity index (χ2n) is 5.74. The highest BCUT2D eigenvalue weighted by molar-refractivity contribution is 8.00. The molecule has 6 nitrogen and oxygen atoms in total. The van der Waals surface area contributed by atoms with Gasteiger partial charge in [0.2, 0.25) is 5.91 Å². The van der Waals surface area contributed by atoms with Crippen molar-refractivity contribution in [3.63, 3.8) is 0 Å². The first-order valence-electron chi connectivity index (χ1n) is 6.88. The van der Waals surface area contributed by atoms with Crippen molar-refractivity contribution in [1.82, 2.24) is 5.32 Å². The van der Waals surface area contributed by atoms with Crippen molar-refractivity contribution in [2.24, 2.45) is 5.41 Å². The highest BCUT2D eigenvalue weighted by atomic mass is 32.2. The van der Waals surface area contributed by atoms with Gasteiger partial charge in [-0.15, -0.1) is 11.8 Å². The summed E-state index contributed by atoms with van der Waals surface area (Å²) >= 11 is 1.43. The number of carboxylic acids is 1. The fourth-order valence-corrected chi connectivity index (χ4v) is 2.71. The maximum absolute atomic E-state index is 12.1. The summed E-state index contributed by atoms with van der Waals surface area (Å²) < 4.78 is 0. The van der Waals surface area contributed by atoms with Gasteiger partial charge < -0.3 is 15.7 Å². The van der Waals surface area contributed by atoms with E-state index in [1.165, 1.54) is 11.8 Å². The zero-order valence-corrected chi connectivity index (χ0v) is 13.3. The highest BCUT2D eigenvalue weighted by Crippen LogP contribution is 2.31. The summed E-state index contributed by atoms with van der Waals surface area (Å²) in [7, 11) is 0. The van der Waals surface area contributed by atoms with Crippen LogP contribution in [0.15, 0.2) is 23.1 Å². The lowest BCUT2D eigenvalue weighted by atomic mass is 9.90. The number of carbonyl (C=O) groups is 3. The molecule has 0 spiro atoms. The normalized spacial score (nSPS) is 14.0. The van der Waals surface area contributed by atoms with E-state index in [4.69, 9.17) is 5.11 Å². The van der Waals surface area contributed by atoms with E-state index in [9.17, 15) is 14.4 Å². The summed E-state index contributed by atoms with van der Waals surface area (Å²) in [4.78, 5) is 35.4. The van der Waals surface area contributed by atoms with Crippen LogP contribution in [0.25, 0.3) is 0 Å². The third-order valence-corrected chi connectivity index (χ3v) is 4.56. The van der Waals surface area contributed by atoms with Crippen molar-refractivity contribution in [1.29, 1.82) is 0 Å². The molecule has 118 valence electrons. The molecule has 22 heavy (non-hydrogen) atoms. The standard InChI is InChI=1S/C15H18N2O4S/c1-15(2,14(20)21)5-6-16-13(19)9-3-4-11-10(7-9)17-12(18)8-22-11/h3-4,7H,5-6,8H2,1-2H3,(H,16,19)(H,17,18)(H,20,21). The van der Waals surface area contributed by atoms with Gasteiger partial charge in [-0.3, -0.25) is 14.4 Å². The van der Waals surface area contributed by atoms with Crippen LogP contribution in [0.2, 0.25) is 0 Å². The van der Waals surface area contributed by atoms with E-state index in [1.807, 2.05) is 0 Å². The molecule has 1 aromatic carbocycles. The van der Waals surface area contributed by atoms with Crippen LogP contribution in [0.1, 0.15) is 30.6 Å². The van der Waals surface area contributed by atoms with Crippen LogP contribution < -0.4 is 10.6 Å². The van der Waals surface area contributed by atoms with E-state index >= 15 is 0 Å². The smallest absolute Gasteiger partial charge is 0.309 e. The number of aliphatic carboxylic acids is 1. The molecule has 0 aromatic heterocycles. The third-order valence-electron chi connectivity index (χ3n) is 3.49. The fraction of sp³-hybridized carbons (Fsp3) is 0.400. The van der Waals surface area contributed by atoms with E-state index in [0.29, 0.717) is 23.4 Å². The third kappa shape index (κ3) is 3.79. The van der Waals surface area contributed by atoms with Gasteiger partial charge in [-0.2, -0.15) is 0 Å². The van der Waals surface area contributed by atoms with Gasteiger partial charge in [0.1, 0.15) is 0 Å². The Hall–Kier alpha value is -2.02. The van der Waals surface area contributed by atoms with E-state index in [-0.39, 0.29) is 18.4 Å². The number of rotatable bonds is 5. The largest absolute Gasteiger partial charge is 0.481 e. The van der Waals surface area contributed by atoms with Gasteiger partial charge in [0.15, 0.2) is 0 Å². The molecule has 2 rings (SSSR count). The Kier molecular flexibility index (Phi) is 4.75. The number of carboxylic acid groups (broad SMARTS) is 1. The maximum atomic E-state index is 12.1. The van der Waals surface area contributed by atoms with Gasteiger partial charge in [-0.05, 0) is 38.5 Å². The lowest BCUT2D eigenvalue weighted by Crippen LogP contribution is -2.32.